The van der Waals surface area contributed by atoms with Gasteiger partial charge in [0, 0.05) is 5.56 Å². The smallest absolute Gasteiger partial charge is 0.125 e. The Morgan fingerprint density at radius 3 is 2.15 bits per heavy atom. The fourth-order valence-corrected chi connectivity index (χ4v) is 3.09. The molecule has 1 N–H and O–H groups in total. The van der Waals surface area contributed by atoms with Crippen LogP contribution in [0.3, 0.4) is 0 Å². The molecule has 0 bridgehead atoms. The molecule has 0 aromatic heterocycles. The molecule has 0 saturated carbocycles. The topological polar surface area (TPSA) is 38.7 Å². The van der Waals surface area contributed by atoms with Gasteiger partial charge in [0.25, 0.3) is 0 Å². The minimum Gasteiger partial charge on any atom is -1.00 e. The standard InChI is InChI=1S/C21H30NO3.HI/c1-22(2,3)15-9-14-21(23,17-10-7-6-8-11-17)19-16-18(24-4)12-13-20(19)25-5;/h6-8,10-13,16,23H,9,14-15H2,1-5H3;1H/q+1;/p-1. The highest BCUT2D eigenvalue weighted by molar-refractivity contribution is 5.48. The zero-order valence-corrected chi connectivity index (χ0v) is 18.5. The van der Waals surface area contributed by atoms with E-state index in [4.69, 9.17) is 9.47 Å². The first-order chi connectivity index (χ1) is 11.8. The SMILES string of the molecule is COc1ccc(OC)c(C(O)(CCC[N+](C)(C)C)c2ccccc2)c1.[I-]. The highest BCUT2D eigenvalue weighted by Crippen LogP contribution is 2.41. The van der Waals surface area contributed by atoms with Crippen LogP contribution in [0, 0.1) is 0 Å². The van der Waals surface area contributed by atoms with Crippen molar-refractivity contribution in [2.75, 3.05) is 41.9 Å². The number of quaternary nitrogens is 1. The molecule has 0 aliphatic heterocycles. The predicted molar refractivity (Wildman–Crippen MR) is 101 cm³/mol. The van der Waals surface area contributed by atoms with Crippen molar-refractivity contribution in [3.8, 4) is 11.5 Å². The van der Waals surface area contributed by atoms with E-state index in [-0.39, 0.29) is 24.0 Å². The lowest BCUT2D eigenvalue weighted by Crippen LogP contribution is -3.00. The summed E-state index contributed by atoms with van der Waals surface area (Å²) in [6.45, 7) is 0.974. The highest BCUT2D eigenvalue weighted by Gasteiger charge is 2.35. The van der Waals surface area contributed by atoms with Gasteiger partial charge in [-0.1, -0.05) is 30.3 Å². The second-order valence-electron chi connectivity index (χ2n) is 7.41. The average Bonchev–Trinajstić information content (AvgIpc) is 2.60. The van der Waals surface area contributed by atoms with Gasteiger partial charge in [-0.05, 0) is 36.6 Å². The molecule has 0 aliphatic rings. The number of hydrogen-bond donors (Lipinski definition) is 1. The molecule has 0 radical (unpaired) electrons. The second-order valence-corrected chi connectivity index (χ2v) is 7.41. The first-order valence-corrected chi connectivity index (χ1v) is 8.61. The summed E-state index contributed by atoms with van der Waals surface area (Å²) in [5.41, 5.74) is 0.473. The lowest BCUT2D eigenvalue weighted by molar-refractivity contribution is -0.870. The summed E-state index contributed by atoms with van der Waals surface area (Å²) in [5, 5.41) is 11.7. The third kappa shape index (κ3) is 5.59. The van der Waals surface area contributed by atoms with Crippen LogP contribution < -0.4 is 33.5 Å². The summed E-state index contributed by atoms with van der Waals surface area (Å²) < 4.78 is 11.8. The minimum absolute atomic E-state index is 0. The van der Waals surface area contributed by atoms with Gasteiger partial charge in [-0.25, -0.2) is 0 Å². The maximum absolute atomic E-state index is 11.7. The van der Waals surface area contributed by atoms with Crippen molar-refractivity contribution in [2.24, 2.45) is 0 Å². The van der Waals surface area contributed by atoms with Gasteiger partial charge in [0.05, 0.1) is 41.9 Å². The Balaban J connectivity index is 0.00000338. The van der Waals surface area contributed by atoms with Crippen LogP contribution in [0.4, 0.5) is 0 Å². The molecule has 2 rings (SSSR count). The van der Waals surface area contributed by atoms with Gasteiger partial charge in [0.2, 0.25) is 0 Å². The minimum atomic E-state index is -1.13. The fourth-order valence-electron chi connectivity index (χ4n) is 3.09. The van der Waals surface area contributed by atoms with Gasteiger partial charge in [-0.15, -0.1) is 0 Å². The third-order valence-corrected chi connectivity index (χ3v) is 4.47. The molecule has 0 saturated heterocycles. The van der Waals surface area contributed by atoms with Crippen LogP contribution >= 0.6 is 0 Å². The summed E-state index contributed by atoms with van der Waals surface area (Å²) in [5.74, 6) is 1.37. The summed E-state index contributed by atoms with van der Waals surface area (Å²) >= 11 is 0. The molecule has 1 atom stereocenters. The second kappa shape index (κ2) is 9.58. The number of ether oxygens (including phenoxy) is 2. The van der Waals surface area contributed by atoms with Crippen LogP contribution in [0.15, 0.2) is 48.5 Å². The first kappa shape index (κ1) is 22.7. The van der Waals surface area contributed by atoms with E-state index in [1.807, 2.05) is 48.5 Å². The summed E-state index contributed by atoms with van der Waals surface area (Å²) in [4.78, 5) is 0. The third-order valence-electron chi connectivity index (χ3n) is 4.47. The maximum atomic E-state index is 11.7. The lowest BCUT2D eigenvalue weighted by Gasteiger charge is -2.32. The number of aliphatic hydroxyl groups is 1. The largest absolute Gasteiger partial charge is 1.00 e. The van der Waals surface area contributed by atoms with Gasteiger partial charge in [0.15, 0.2) is 0 Å². The van der Waals surface area contributed by atoms with Gasteiger partial charge >= 0.3 is 0 Å². The van der Waals surface area contributed by atoms with Crippen LogP contribution in [0.25, 0.3) is 0 Å². The van der Waals surface area contributed by atoms with E-state index in [1.54, 1.807) is 14.2 Å². The Labute approximate surface area is 174 Å². The van der Waals surface area contributed by atoms with E-state index in [0.717, 1.165) is 28.6 Å². The van der Waals surface area contributed by atoms with Crippen molar-refractivity contribution in [1.82, 2.24) is 0 Å². The van der Waals surface area contributed by atoms with E-state index in [2.05, 4.69) is 21.1 Å². The van der Waals surface area contributed by atoms with E-state index in [9.17, 15) is 5.11 Å². The molecular weight excluding hydrogens is 441 g/mol. The van der Waals surface area contributed by atoms with Crippen molar-refractivity contribution in [3.05, 3.63) is 59.7 Å². The van der Waals surface area contributed by atoms with E-state index in [0.29, 0.717) is 17.9 Å². The molecule has 1 unspecified atom stereocenters. The van der Waals surface area contributed by atoms with Gasteiger partial charge in [0.1, 0.15) is 17.1 Å². The molecule has 2 aromatic rings. The Hall–Kier alpha value is -1.31. The molecule has 0 spiro atoms. The van der Waals surface area contributed by atoms with E-state index in [1.165, 1.54) is 0 Å². The van der Waals surface area contributed by atoms with Crippen molar-refractivity contribution in [3.63, 3.8) is 0 Å². The van der Waals surface area contributed by atoms with Crippen LogP contribution in [0.2, 0.25) is 0 Å². The van der Waals surface area contributed by atoms with Crippen molar-refractivity contribution >= 4 is 0 Å². The molecule has 4 nitrogen and oxygen atoms in total. The molecule has 0 aliphatic carbocycles. The first-order valence-electron chi connectivity index (χ1n) is 8.61. The van der Waals surface area contributed by atoms with Crippen molar-refractivity contribution in [2.45, 2.75) is 18.4 Å². The van der Waals surface area contributed by atoms with Crippen LogP contribution in [0.5, 0.6) is 11.5 Å². The molecule has 0 fully saturated rings. The lowest BCUT2D eigenvalue weighted by atomic mass is 9.82. The quantitative estimate of drug-likeness (QED) is 0.449. The monoisotopic (exact) mass is 471 g/mol. The Kier molecular flexibility index (Phi) is 8.37. The highest BCUT2D eigenvalue weighted by atomic mass is 127. The maximum Gasteiger partial charge on any atom is 0.125 e. The van der Waals surface area contributed by atoms with Crippen LogP contribution in [0.1, 0.15) is 24.0 Å². The van der Waals surface area contributed by atoms with Crippen LogP contribution in [-0.4, -0.2) is 51.5 Å². The average molecular weight is 471 g/mol. The molecule has 0 amide bonds. The molecule has 0 heterocycles. The number of benzene rings is 2. The molecular formula is C21H30INO3. The predicted octanol–water partition coefficient (Wildman–Crippen LogP) is 0.430. The fraction of sp³-hybridized carbons (Fsp3) is 0.429. The molecule has 2 aromatic carbocycles. The zero-order chi connectivity index (χ0) is 18.5. The van der Waals surface area contributed by atoms with Gasteiger partial charge < -0.3 is 43.0 Å². The Morgan fingerprint density at radius 1 is 0.962 bits per heavy atom. The van der Waals surface area contributed by atoms with Crippen molar-refractivity contribution < 1.29 is 43.0 Å². The number of hydrogen-bond acceptors (Lipinski definition) is 3. The normalized spacial score (nSPS) is 13.5. The summed E-state index contributed by atoms with van der Waals surface area (Å²) in [6, 6.07) is 15.4. The van der Waals surface area contributed by atoms with E-state index < -0.39 is 5.60 Å². The number of halogens is 1. The summed E-state index contributed by atoms with van der Waals surface area (Å²) in [6.07, 6.45) is 1.49. The number of methoxy groups -OCH3 is 2. The van der Waals surface area contributed by atoms with Gasteiger partial charge in [-0.2, -0.15) is 0 Å². The molecule has 144 valence electrons. The van der Waals surface area contributed by atoms with Crippen molar-refractivity contribution in [1.29, 1.82) is 0 Å². The Morgan fingerprint density at radius 2 is 1.62 bits per heavy atom. The Bertz CT molecular complexity index is 685. The number of rotatable bonds is 8. The van der Waals surface area contributed by atoms with Crippen LogP contribution in [-0.2, 0) is 5.60 Å². The number of nitrogens with zero attached hydrogens (tertiary/aromatic N) is 1. The zero-order valence-electron chi connectivity index (χ0n) is 16.3. The molecule has 5 heteroatoms. The van der Waals surface area contributed by atoms with Gasteiger partial charge in [-0.3, -0.25) is 0 Å². The summed E-state index contributed by atoms with van der Waals surface area (Å²) in [7, 11) is 9.74. The molecule has 26 heavy (non-hydrogen) atoms. The van der Waals surface area contributed by atoms with E-state index >= 15 is 0 Å².